The second-order valence-electron chi connectivity index (χ2n) is 25.7. The summed E-state index contributed by atoms with van der Waals surface area (Å²) in [6.45, 7) is 39.8. The fourth-order valence-corrected chi connectivity index (χ4v) is 14.2. The molecule has 13 nitrogen and oxygen atoms in total. The van der Waals surface area contributed by atoms with Gasteiger partial charge in [0.2, 0.25) is 0 Å². The van der Waals surface area contributed by atoms with E-state index >= 15 is 0 Å². The zero-order valence-electron chi connectivity index (χ0n) is 65.9. The summed E-state index contributed by atoms with van der Waals surface area (Å²) >= 11 is 13.4. The van der Waals surface area contributed by atoms with Gasteiger partial charge in [0.05, 0.1) is 74.4 Å². The number of likely N-dealkylation sites (N-methyl/N-ethyl adjacent to an activating group) is 1. The highest BCUT2D eigenvalue weighted by Crippen LogP contribution is 2.26. The minimum atomic E-state index is 0.500. The van der Waals surface area contributed by atoms with E-state index in [1.165, 1.54) is 196 Å². The van der Waals surface area contributed by atoms with E-state index < -0.39 is 0 Å². The van der Waals surface area contributed by atoms with E-state index in [-0.39, 0.29) is 0 Å². The number of alkyl halides is 5. The number of benzene rings is 5. The van der Waals surface area contributed by atoms with Crippen LogP contribution < -0.4 is 24.5 Å². The Morgan fingerprint density at radius 3 is 0.843 bits per heavy atom. The second-order valence-corrected chi connectivity index (χ2v) is 28.2. The van der Waals surface area contributed by atoms with Crippen molar-refractivity contribution in [1.29, 1.82) is 0 Å². The third-order valence-electron chi connectivity index (χ3n) is 18.3. The molecule has 582 valence electrons. The van der Waals surface area contributed by atoms with Crippen LogP contribution in [-0.2, 0) is 18.9 Å². The molecule has 9 aliphatic rings. The Morgan fingerprint density at radius 2 is 0.598 bits per heavy atom. The maximum absolute atomic E-state index is 9.50. The van der Waals surface area contributed by atoms with Crippen molar-refractivity contribution in [3.8, 4) is 0 Å². The van der Waals surface area contributed by atoms with Crippen LogP contribution >= 0.6 is 46.7 Å². The first-order chi connectivity index (χ1) is 49.9. The molecule has 9 saturated heterocycles. The molecule has 0 N–H and O–H groups in total. The smallest absolute Gasteiger partial charge is 0.0785 e. The first kappa shape index (κ1) is 95.9. The normalized spacial score (nSPS) is 18.7. The number of likely N-dealkylation sites (tertiary alicyclic amines) is 1. The van der Waals surface area contributed by atoms with E-state index in [4.69, 9.17) is 18.9 Å². The number of aryl methyl sites for hydroxylation is 5. The largest absolute Gasteiger partial charge is 0.379 e. The number of anilines is 5. The Labute approximate surface area is 638 Å². The van der Waals surface area contributed by atoms with Gasteiger partial charge in [0.15, 0.2) is 0 Å². The van der Waals surface area contributed by atoms with Crippen molar-refractivity contribution in [3.63, 3.8) is 0 Å². The molecule has 5 aromatic carbocycles. The van der Waals surface area contributed by atoms with Gasteiger partial charge in [-0.25, -0.2) is 0 Å². The molecule has 9 heterocycles. The summed E-state index contributed by atoms with van der Waals surface area (Å²) < 4.78 is 49.5. The molecule has 0 aliphatic carbocycles. The topological polar surface area (TPSA) is 66.1 Å². The minimum absolute atomic E-state index is 0.500. The van der Waals surface area contributed by atoms with Crippen LogP contribution in [0.3, 0.4) is 0 Å². The fraction of sp³-hybridized carbons (Fsp3) is 0.634. The van der Waals surface area contributed by atoms with Gasteiger partial charge in [0, 0.05) is 175 Å². The number of thioether (sulfide) groups is 2. The van der Waals surface area contributed by atoms with Crippen LogP contribution in [-0.4, -0.2) is 275 Å². The van der Waals surface area contributed by atoms with Crippen molar-refractivity contribution in [2.45, 2.75) is 92.5 Å². The number of morpholine rings is 4. The van der Waals surface area contributed by atoms with Gasteiger partial charge in [-0.05, 0) is 179 Å². The minimum Gasteiger partial charge on any atom is -0.379 e. The summed E-state index contributed by atoms with van der Waals surface area (Å²) in [4.78, 5) is 21.6. The van der Waals surface area contributed by atoms with E-state index in [0.29, 0.717) is 21.5 Å². The highest BCUT2D eigenvalue weighted by molar-refractivity contribution is 7.99. The zero-order valence-corrected chi connectivity index (χ0v) is 69.1. The third kappa shape index (κ3) is 42.3. The van der Waals surface area contributed by atoms with Crippen LogP contribution in [0.1, 0.15) is 79.7 Å². The van der Waals surface area contributed by atoms with Crippen molar-refractivity contribution >= 4 is 75.2 Å². The first-order valence-electron chi connectivity index (χ1n) is 37.0. The molecule has 102 heavy (non-hydrogen) atoms. The Balaban J connectivity index is 0.000000570. The van der Waals surface area contributed by atoms with Crippen LogP contribution in [0.2, 0.25) is 0 Å². The molecule has 1 atom stereocenters. The van der Waals surface area contributed by atoms with E-state index in [9.17, 15) is 13.2 Å². The summed E-state index contributed by atoms with van der Waals surface area (Å²) in [6, 6.07) is 43.8. The zero-order chi connectivity index (χ0) is 75.4. The van der Waals surface area contributed by atoms with Crippen LogP contribution in [0.4, 0.5) is 41.6 Å². The lowest BCUT2D eigenvalue weighted by Crippen LogP contribution is -2.36. The highest BCUT2D eigenvalue weighted by atomic mass is 35.5. The number of ether oxygens (including phenoxy) is 4. The molecule has 0 radical (unpaired) electrons. The molecule has 0 bridgehead atoms. The summed E-state index contributed by atoms with van der Waals surface area (Å²) in [5.41, 5.74) is 13.7. The van der Waals surface area contributed by atoms with Crippen LogP contribution in [0.5, 0.6) is 0 Å². The molecule has 5 aromatic rings. The van der Waals surface area contributed by atoms with Crippen LogP contribution in [0.15, 0.2) is 121 Å². The Morgan fingerprint density at radius 1 is 0.324 bits per heavy atom. The fourth-order valence-electron chi connectivity index (χ4n) is 12.0. The van der Waals surface area contributed by atoms with Gasteiger partial charge < -0.3 is 63.0 Å². The average Bonchev–Trinajstić information content (AvgIpc) is 1.88. The van der Waals surface area contributed by atoms with E-state index in [2.05, 4.69) is 282 Å². The summed E-state index contributed by atoms with van der Waals surface area (Å²) in [6.07, 6.45) is 12.6. The summed E-state index contributed by atoms with van der Waals surface area (Å²) in [5, 5.41) is 0. The van der Waals surface area contributed by atoms with E-state index in [1.807, 2.05) is 0 Å². The predicted octanol–water partition coefficient (Wildman–Crippen LogP) is 16.9. The Hall–Kier alpha value is -4.15. The molecule has 1 unspecified atom stereocenters. The predicted molar refractivity (Wildman–Crippen MR) is 446 cm³/mol. The monoisotopic (exact) mass is 1500 g/mol. The van der Waals surface area contributed by atoms with Gasteiger partial charge in [-0.2, -0.15) is 23.5 Å². The van der Waals surface area contributed by atoms with E-state index in [0.717, 1.165) is 111 Å². The van der Waals surface area contributed by atoms with Crippen LogP contribution in [0, 0.1) is 34.6 Å². The lowest BCUT2D eigenvalue weighted by atomic mass is 10.1. The molecule has 20 heteroatoms. The molecule has 0 amide bonds. The lowest BCUT2D eigenvalue weighted by molar-refractivity contribution is 0.0503. The first-order valence-corrected chi connectivity index (χ1v) is 40.8. The van der Waals surface area contributed by atoms with Gasteiger partial charge in [-0.15, -0.1) is 23.2 Å². The van der Waals surface area contributed by atoms with Gasteiger partial charge in [-0.3, -0.25) is 13.2 Å². The van der Waals surface area contributed by atoms with E-state index in [1.54, 1.807) is 0 Å². The molecule has 0 saturated carbocycles. The molecule has 9 aliphatic heterocycles. The van der Waals surface area contributed by atoms with Crippen molar-refractivity contribution < 1.29 is 32.1 Å². The summed E-state index contributed by atoms with van der Waals surface area (Å²) in [5.74, 6) is 5.32. The molecule has 9 fully saturated rings. The Bertz CT molecular complexity index is 2530. The van der Waals surface area contributed by atoms with Gasteiger partial charge >= 0.3 is 0 Å². The lowest BCUT2D eigenvalue weighted by Gasteiger charge is -2.30. The third-order valence-corrected chi connectivity index (χ3v) is 20.2. The Kier molecular flexibility index (Phi) is 60.2. The number of piperidine rings is 1. The number of para-hydroxylation sites is 4. The molecular weight excluding hydrogens is 1370 g/mol. The molecule has 14 rings (SSSR count). The maximum atomic E-state index is 9.50. The van der Waals surface area contributed by atoms with Crippen molar-refractivity contribution in [2.75, 3.05) is 274 Å². The molecule has 0 spiro atoms. The number of rotatable bonds is 5. The number of hydrogen-bond donors (Lipinski definition) is 0. The quantitative estimate of drug-likeness (QED) is 0.157. The van der Waals surface area contributed by atoms with Crippen molar-refractivity contribution in [2.24, 2.45) is 0 Å². The SMILES string of the molecule is CC1CCCCN1C.CCl.CCl.CF.CF.CF.CN1CCOCC1.CN1CCSCC1.CN1CCSCC1.Cc1cccc(N2CCOCC2)c1.Cc1ccccc1N1CCCC1.Cc1ccccc1N1CCCC1.Cc1ccccc1N1CCOCC1.Cc1ccccc1N1CCOCC1. The van der Waals surface area contributed by atoms with Crippen LogP contribution in [0.25, 0.3) is 0 Å². The van der Waals surface area contributed by atoms with Gasteiger partial charge in [0.25, 0.3) is 0 Å². The van der Waals surface area contributed by atoms with Crippen molar-refractivity contribution in [3.05, 3.63) is 149 Å². The highest BCUT2D eigenvalue weighted by Gasteiger charge is 2.17. The van der Waals surface area contributed by atoms with Crippen molar-refractivity contribution in [1.82, 2.24) is 19.6 Å². The number of halogens is 5. The molecule has 0 aromatic heterocycles. The average molecular weight is 1510 g/mol. The number of nitrogens with zero attached hydrogens (tertiary/aromatic N) is 9. The second kappa shape index (κ2) is 64.1. The summed E-state index contributed by atoms with van der Waals surface area (Å²) in [7, 11) is 10.2. The standard InChI is InChI=1S/3C11H15NO.2C11H15N.C7H15N.C5H11NO.2C5H11NS.2CH3Cl.3CH3F/c1-10-3-2-4-11(9-10)12-5-7-13-8-6-12;2*1-10-4-2-3-5-11(10)12-6-8-13-9-7-12;2*1-10-6-2-3-7-11(10)12-8-4-5-9-12;1-7-5-3-4-6-8(7)2;3*1-6-2-4-7-5-3-6;5*1-2/h2-4,9H,5-8H2,1H3;2*2-5H,6-9H2,1H3;2*2-3,6-7H,4-5,8-9H2,1H3;7H,3-6H2,1-2H3;3*2-5H2,1H3;5*1H3. The van der Waals surface area contributed by atoms with Gasteiger partial charge in [-0.1, -0.05) is 91.3 Å². The molecular formula is C82H138Cl2F3N9O4S2. The number of hydrogen-bond acceptors (Lipinski definition) is 15. The maximum Gasteiger partial charge on any atom is 0.0785 e. The van der Waals surface area contributed by atoms with Gasteiger partial charge in [0.1, 0.15) is 0 Å².